The number of carbonyl (C=O) groups is 1. The fourth-order valence-electron chi connectivity index (χ4n) is 4.88. The Labute approximate surface area is 224 Å². The first-order chi connectivity index (χ1) is 18.7. The predicted octanol–water partition coefficient (Wildman–Crippen LogP) is 5.68. The number of methoxy groups -OCH3 is 2. The molecule has 1 amide bonds. The Morgan fingerprint density at radius 2 is 1.74 bits per heavy atom. The fraction of sp³-hybridized carbons (Fsp3) is 0.310. The molecule has 2 heterocycles. The maximum absolute atomic E-state index is 13.5. The molecule has 0 spiro atoms. The van der Waals surface area contributed by atoms with Crippen LogP contribution in [0.3, 0.4) is 0 Å². The number of ether oxygens (including phenoxy) is 3. The van der Waals surface area contributed by atoms with E-state index in [9.17, 15) is 18.0 Å². The highest BCUT2D eigenvalue weighted by molar-refractivity contribution is 6.04. The molecular weight excluding hydrogens is 511 g/mol. The molecule has 39 heavy (non-hydrogen) atoms. The minimum Gasteiger partial charge on any atom is -0.497 e. The zero-order chi connectivity index (χ0) is 27.7. The lowest BCUT2D eigenvalue weighted by atomic mass is 10.1. The van der Waals surface area contributed by atoms with Gasteiger partial charge in [-0.2, -0.15) is 13.2 Å². The van der Waals surface area contributed by atoms with Gasteiger partial charge in [-0.1, -0.05) is 12.1 Å². The number of rotatable bonds is 4. The van der Waals surface area contributed by atoms with Crippen LogP contribution in [0.15, 0.2) is 65.7 Å². The van der Waals surface area contributed by atoms with Crippen LogP contribution >= 0.6 is 0 Å². The van der Waals surface area contributed by atoms with E-state index >= 15 is 0 Å². The minimum atomic E-state index is -4.52. The van der Waals surface area contributed by atoms with Crippen LogP contribution in [-0.4, -0.2) is 61.4 Å². The third-order valence-corrected chi connectivity index (χ3v) is 6.90. The van der Waals surface area contributed by atoms with Crippen LogP contribution in [-0.2, 0) is 17.4 Å². The van der Waals surface area contributed by atoms with E-state index in [1.165, 1.54) is 13.2 Å². The van der Waals surface area contributed by atoms with Crippen molar-refractivity contribution in [3.63, 3.8) is 0 Å². The minimum absolute atomic E-state index is 0.0104. The van der Waals surface area contributed by atoms with Crippen molar-refractivity contribution in [2.45, 2.75) is 25.6 Å². The summed E-state index contributed by atoms with van der Waals surface area (Å²) in [6.07, 6.45) is -4.28. The van der Waals surface area contributed by atoms with Crippen molar-refractivity contribution in [3.8, 4) is 23.0 Å². The van der Waals surface area contributed by atoms with Gasteiger partial charge in [0, 0.05) is 25.7 Å². The van der Waals surface area contributed by atoms with Crippen LogP contribution in [0.1, 0.15) is 23.6 Å². The molecule has 1 saturated heterocycles. The standard InChI is InChI=1S/C29H28F3N3O4/c1-18-17-34(11-12-35(18)27(36)14-19-5-4-6-21(13-19)37-2)28-23-16-22(38-3)8-10-25(23)39-26-9-7-20(29(30,31)32)15-24(26)33-28/h4-10,13,15-16,18H,11-12,14,17H2,1-3H3/t18-/m1/s1. The molecule has 0 bridgehead atoms. The molecule has 2 aliphatic rings. The van der Waals surface area contributed by atoms with Gasteiger partial charge in [-0.05, 0) is 61.0 Å². The van der Waals surface area contributed by atoms with Crippen LogP contribution in [0.25, 0.3) is 0 Å². The molecule has 1 fully saturated rings. The predicted molar refractivity (Wildman–Crippen MR) is 140 cm³/mol. The second kappa shape index (κ2) is 10.5. The highest BCUT2D eigenvalue weighted by Gasteiger charge is 2.34. The van der Waals surface area contributed by atoms with Gasteiger partial charge in [-0.15, -0.1) is 0 Å². The third-order valence-electron chi connectivity index (χ3n) is 6.90. The van der Waals surface area contributed by atoms with Crippen LogP contribution in [0, 0.1) is 0 Å². The van der Waals surface area contributed by atoms with E-state index in [4.69, 9.17) is 14.2 Å². The van der Waals surface area contributed by atoms with E-state index in [1.807, 2.05) is 41.0 Å². The molecule has 0 aromatic heterocycles. The normalized spacial score (nSPS) is 16.9. The zero-order valence-corrected chi connectivity index (χ0v) is 21.8. The Balaban J connectivity index is 1.44. The largest absolute Gasteiger partial charge is 0.497 e. The van der Waals surface area contributed by atoms with Crippen molar-refractivity contribution in [3.05, 3.63) is 77.4 Å². The number of hydrogen-bond donors (Lipinski definition) is 0. The van der Waals surface area contributed by atoms with Gasteiger partial charge in [0.1, 0.15) is 28.8 Å². The highest BCUT2D eigenvalue weighted by Crippen LogP contribution is 2.42. The van der Waals surface area contributed by atoms with Crippen molar-refractivity contribution in [1.82, 2.24) is 9.80 Å². The van der Waals surface area contributed by atoms with Crippen molar-refractivity contribution < 1.29 is 32.2 Å². The van der Waals surface area contributed by atoms with Crippen LogP contribution in [0.4, 0.5) is 18.9 Å². The molecule has 1 atom stereocenters. The zero-order valence-electron chi connectivity index (χ0n) is 21.8. The maximum atomic E-state index is 13.5. The number of fused-ring (bicyclic) bond motifs is 2. The Hall–Kier alpha value is -4.21. The number of alkyl halides is 3. The number of carbonyl (C=O) groups excluding carboxylic acids is 1. The van der Waals surface area contributed by atoms with Gasteiger partial charge in [0.15, 0.2) is 5.75 Å². The van der Waals surface area contributed by atoms with Crippen LogP contribution in [0.5, 0.6) is 23.0 Å². The molecule has 10 heteroatoms. The molecule has 2 aliphatic heterocycles. The van der Waals surface area contributed by atoms with Gasteiger partial charge >= 0.3 is 6.18 Å². The smallest absolute Gasteiger partial charge is 0.416 e. The number of nitrogens with zero attached hydrogens (tertiary/aromatic N) is 3. The number of amidine groups is 1. The van der Waals surface area contributed by atoms with Gasteiger partial charge in [0.2, 0.25) is 5.91 Å². The van der Waals surface area contributed by atoms with E-state index in [0.717, 1.165) is 17.7 Å². The number of hydrogen-bond acceptors (Lipinski definition) is 6. The number of benzene rings is 3. The van der Waals surface area contributed by atoms with Gasteiger partial charge < -0.3 is 24.0 Å². The fourth-order valence-corrected chi connectivity index (χ4v) is 4.88. The van der Waals surface area contributed by atoms with Crippen molar-refractivity contribution in [1.29, 1.82) is 0 Å². The van der Waals surface area contributed by atoms with Gasteiger partial charge in [0.05, 0.1) is 31.8 Å². The second-order valence-corrected chi connectivity index (χ2v) is 9.49. The number of aliphatic imine (C=N–C) groups is 1. The molecule has 5 rings (SSSR count). The van der Waals surface area contributed by atoms with Gasteiger partial charge in [-0.3, -0.25) is 4.79 Å². The summed E-state index contributed by atoms with van der Waals surface area (Å²) in [6, 6.07) is 15.7. The average Bonchev–Trinajstić information content (AvgIpc) is 3.08. The SMILES string of the molecule is COc1cccc(CC(=O)N2CCN(C3=Nc4cc(C(F)(F)F)ccc4Oc4ccc(OC)cc43)C[C@H]2C)c1. The lowest BCUT2D eigenvalue weighted by Crippen LogP contribution is -2.55. The Bertz CT molecular complexity index is 1420. The van der Waals surface area contributed by atoms with Gasteiger partial charge in [-0.25, -0.2) is 4.99 Å². The number of piperazine rings is 1. The first-order valence-electron chi connectivity index (χ1n) is 12.5. The topological polar surface area (TPSA) is 63.6 Å². The van der Waals surface area contributed by atoms with E-state index < -0.39 is 11.7 Å². The molecule has 7 nitrogen and oxygen atoms in total. The van der Waals surface area contributed by atoms with E-state index in [0.29, 0.717) is 48.3 Å². The first kappa shape index (κ1) is 26.4. The molecule has 0 N–H and O–H groups in total. The van der Waals surface area contributed by atoms with Crippen molar-refractivity contribution in [2.75, 3.05) is 33.9 Å². The number of amides is 1. The van der Waals surface area contributed by atoms with Gasteiger partial charge in [0.25, 0.3) is 0 Å². The van der Waals surface area contributed by atoms with E-state index in [2.05, 4.69) is 4.99 Å². The maximum Gasteiger partial charge on any atom is 0.416 e. The summed E-state index contributed by atoms with van der Waals surface area (Å²) in [7, 11) is 3.12. The molecule has 0 saturated carbocycles. The summed E-state index contributed by atoms with van der Waals surface area (Å²) >= 11 is 0. The quantitative estimate of drug-likeness (QED) is 0.427. The lowest BCUT2D eigenvalue weighted by molar-refractivity contribution is -0.137. The summed E-state index contributed by atoms with van der Waals surface area (Å²) in [5, 5.41) is 0. The molecule has 0 unspecified atom stereocenters. The molecule has 3 aromatic carbocycles. The third kappa shape index (κ3) is 5.50. The summed E-state index contributed by atoms with van der Waals surface area (Å²) in [4.78, 5) is 21.7. The van der Waals surface area contributed by atoms with E-state index in [-0.39, 0.29) is 29.8 Å². The van der Waals surface area contributed by atoms with Crippen molar-refractivity contribution >= 4 is 17.4 Å². The Morgan fingerprint density at radius 3 is 2.46 bits per heavy atom. The monoisotopic (exact) mass is 539 g/mol. The van der Waals surface area contributed by atoms with Crippen molar-refractivity contribution in [2.24, 2.45) is 4.99 Å². The average molecular weight is 540 g/mol. The summed E-state index contributed by atoms with van der Waals surface area (Å²) < 4.78 is 57.1. The summed E-state index contributed by atoms with van der Waals surface area (Å²) in [6.45, 7) is 3.26. The van der Waals surface area contributed by atoms with E-state index in [1.54, 1.807) is 25.3 Å². The summed E-state index contributed by atoms with van der Waals surface area (Å²) in [5.74, 6) is 2.39. The van der Waals surface area contributed by atoms with Crippen LogP contribution in [0.2, 0.25) is 0 Å². The molecule has 0 aliphatic carbocycles. The Morgan fingerprint density at radius 1 is 1.00 bits per heavy atom. The Kier molecular flexibility index (Phi) is 7.12. The first-order valence-corrected chi connectivity index (χ1v) is 12.5. The second-order valence-electron chi connectivity index (χ2n) is 9.49. The van der Waals surface area contributed by atoms with Crippen LogP contribution < -0.4 is 14.2 Å². The molecule has 0 radical (unpaired) electrons. The number of halogens is 3. The molecular formula is C29H28F3N3O4. The molecule has 204 valence electrons. The highest BCUT2D eigenvalue weighted by atomic mass is 19.4. The lowest BCUT2D eigenvalue weighted by Gasteiger charge is -2.41. The molecule has 3 aromatic rings. The summed E-state index contributed by atoms with van der Waals surface area (Å²) in [5.41, 5.74) is 0.733.